The average molecular weight is 814 g/mol. The number of alkyl halides is 3. The van der Waals surface area contributed by atoms with Crippen molar-refractivity contribution in [2.75, 3.05) is 0 Å². The molecule has 0 saturated carbocycles. The summed E-state index contributed by atoms with van der Waals surface area (Å²) >= 11 is 0. The number of aryl methyl sites for hydroxylation is 6. The molecule has 0 amide bonds. The Hall–Kier alpha value is -7.36. The maximum Gasteiger partial charge on any atom is 0.416 e. The van der Waals surface area contributed by atoms with Gasteiger partial charge in [0.2, 0.25) is 0 Å². The summed E-state index contributed by atoms with van der Waals surface area (Å²) in [7, 11) is 0. The van der Waals surface area contributed by atoms with Gasteiger partial charge in [-0.25, -0.2) is 0 Å². The summed E-state index contributed by atoms with van der Waals surface area (Å²) < 4.78 is 48.5. The van der Waals surface area contributed by atoms with E-state index in [4.69, 9.17) is 0 Å². The molecule has 8 aromatic carbocycles. The molecule has 0 atom stereocenters. The highest BCUT2D eigenvalue weighted by molar-refractivity contribution is 6.13. The Bertz CT molecular complexity index is 3290. The van der Waals surface area contributed by atoms with Crippen LogP contribution >= 0.6 is 0 Å². The zero-order chi connectivity index (χ0) is 43.2. The number of halogens is 3. The highest BCUT2D eigenvalue weighted by Crippen LogP contribution is 2.45. The van der Waals surface area contributed by atoms with E-state index in [0.717, 1.165) is 94.2 Å². The van der Waals surface area contributed by atoms with Crippen LogP contribution in [0.1, 0.15) is 44.5 Å². The number of nitrogens with zero attached hydrogens (tertiary/aromatic N) is 3. The minimum atomic E-state index is -4.58. The van der Waals surface area contributed by atoms with E-state index in [1.54, 1.807) is 6.07 Å². The second-order valence-electron chi connectivity index (χ2n) is 16.8. The summed E-state index contributed by atoms with van der Waals surface area (Å²) in [5.41, 5.74) is 16.7. The SMILES string of the molecule is Cc1cc(C)c(-c2ccc3c4ccccc4n(-c4cc(C#N)cc(-n5c6ccccc6c6ccc(-c7c(C)cc(C)cc7C)cc65)c4-c4cccc(C(F)(F)F)c4)c3c2)c(C)c1. The molecule has 0 spiro atoms. The molecule has 0 radical (unpaired) electrons. The maximum atomic E-state index is 14.7. The number of hydrogen-bond donors (Lipinski definition) is 0. The van der Waals surface area contributed by atoms with Crippen LogP contribution in [-0.2, 0) is 6.18 Å². The minimum absolute atomic E-state index is 0.380. The minimum Gasteiger partial charge on any atom is -0.308 e. The molecule has 0 aliphatic carbocycles. The van der Waals surface area contributed by atoms with Gasteiger partial charge in [-0.3, -0.25) is 0 Å². The summed E-state index contributed by atoms with van der Waals surface area (Å²) in [6.45, 7) is 12.7. The quantitative estimate of drug-likeness (QED) is 0.170. The maximum absolute atomic E-state index is 14.7. The Morgan fingerprint density at radius 1 is 0.419 bits per heavy atom. The largest absolute Gasteiger partial charge is 0.416 e. The van der Waals surface area contributed by atoms with E-state index < -0.39 is 11.7 Å². The summed E-state index contributed by atoms with van der Waals surface area (Å²) in [4.78, 5) is 0. The molecule has 10 aromatic rings. The van der Waals surface area contributed by atoms with E-state index in [0.29, 0.717) is 28.1 Å². The molecule has 2 heterocycles. The molecule has 3 nitrogen and oxygen atoms in total. The lowest BCUT2D eigenvalue weighted by Gasteiger charge is -2.22. The highest BCUT2D eigenvalue weighted by Gasteiger charge is 2.32. The number of benzene rings is 8. The predicted molar refractivity (Wildman–Crippen MR) is 250 cm³/mol. The third-order valence-corrected chi connectivity index (χ3v) is 12.5. The molecular weight excluding hydrogens is 772 g/mol. The molecular formula is C56H42F3N3. The van der Waals surface area contributed by atoms with Gasteiger partial charge in [-0.2, -0.15) is 18.4 Å². The van der Waals surface area contributed by atoms with E-state index in [1.807, 2.05) is 48.5 Å². The summed E-state index contributed by atoms with van der Waals surface area (Å²) in [6, 6.07) is 49.7. The summed E-state index contributed by atoms with van der Waals surface area (Å²) in [6.07, 6.45) is -4.58. The second-order valence-corrected chi connectivity index (χ2v) is 16.8. The number of rotatable bonds is 5. The van der Waals surface area contributed by atoms with Crippen LogP contribution in [-0.4, -0.2) is 9.13 Å². The Kier molecular flexibility index (Phi) is 9.01. The van der Waals surface area contributed by atoms with Gasteiger partial charge in [0.1, 0.15) is 0 Å². The third kappa shape index (κ3) is 6.19. The monoisotopic (exact) mass is 813 g/mol. The van der Waals surface area contributed by atoms with Gasteiger partial charge >= 0.3 is 6.18 Å². The molecule has 0 aliphatic heterocycles. The van der Waals surface area contributed by atoms with Crippen molar-refractivity contribution in [1.82, 2.24) is 9.13 Å². The van der Waals surface area contributed by atoms with Crippen LogP contribution in [0, 0.1) is 52.9 Å². The zero-order valence-corrected chi connectivity index (χ0v) is 35.3. The van der Waals surface area contributed by atoms with E-state index in [9.17, 15) is 18.4 Å². The van der Waals surface area contributed by atoms with Gasteiger partial charge in [0.25, 0.3) is 0 Å². The fourth-order valence-electron chi connectivity index (χ4n) is 10.2. The first-order valence-electron chi connectivity index (χ1n) is 20.8. The van der Waals surface area contributed by atoms with Crippen molar-refractivity contribution in [3.63, 3.8) is 0 Å². The second kappa shape index (κ2) is 14.4. The molecule has 302 valence electrons. The lowest BCUT2D eigenvalue weighted by Crippen LogP contribution is -2.07. The van der Waals surface area contributed by atoms with Crippen molar-refractivity contribution < 1.29 is 13.2 Å². The molecule has 0 unspecified atom stereocenters. The number of hydrogen-bond acceptors (Lipinski definition) is 1. The molecule has 0 aliphatic rings. The number of fused-ring (bicyclic) bond motifs is 6. The summed E-state index contributed by atoms with van der Waals surface area (Å²) in [5.74, 6) is 0. The van der Waals surface area contributed by atoms with E-state index >= 15 is 0 Å². The van der Waals surface area contributed by atoms with Gasteiger partial charge < -0.3 is 9.13 Å². The summed E-state index contributed by atoms with van der Waals surface area (Å²) in [5, 5.41) is 14.9. The predicted octanol–water partition coefficient (Wildman–Crippen LogP) is 15.6. The van der Waals surface area contributed by atoms with Crippen molar-refractivity contribution in [1.29, 1.82) is 5.26 Å². The highest BCUT2D eigenvalue weighted by atomic mass is 19.4. The van der Waals surface area contributed by atoms with Crippen LogP contribution in [0.3, 0.4) is 0 Å². The van der Waals surface area contributed by atoms with E-state index in [-0.39, 0.29) is 0 Å². The van der Waals surface area contributed by atoms with Crippen LogP contribution in [0.2, 0.25) is 0 Å². The van der Waals surface area contributed by atoms with Crippen molar-refractivity contribution >= 4 is 43.6 Å². The molecule has 2 aromatic heterocycles. The lowest BCUT2D eigenvalue weighted by atomic mass is 9.93. The van der Waals surface area contributed by atoms with Crippen LogP contribution < -0.4 is 0 Å². The third-order valence-electron chi connectivity index (χ3n) is 12.5. The first-order valence-corrected chi connectivity index (χ1v) is 20.8. The lowest BCUT2D eigenvalue weighted by molar-refractivity contribution is -0.137. The average Bonchev–Trinajstić information content (AvgIpc) is 3.74. The van der Waals surface area contributed by atoms with Crippen molar-refractivity contribution in [3.8, 4) is 50.8 Å². The number of para-hydroxylation sites is 2. The van der Waals surface area contributed by atoms with Gasteiger partial charge in [-0.1, -0.05) is 108 Å². The van der Waals surface area contributed by atoms with Crippen molar-refractivity contribution in [3.05, 3.63) is 190 Å². The van der Waals surface area contributed by atoms with Gasteiger partial charge in [0, 0.05) is 27.1 Å². The molecule has 0 bridgehead atoms. The van der Waals surface area contributed by atoms with Crippen LogP contribution in [0.25, 0.3) is 88.4 Å². The Morgan fingerprint density at radius 2 is 0.839 bits per heavy atom. The van der Waals surface area contributed by atoms with Gasteiger partial charge in [-0.15, -0.1) is 0 Å². The molecule has 10 rings (SSSR count). The fourth-order valence-corrected chi connectivity index (χ4v) is 10.2. The molecule has 0 saturated heterocycles. The Labute approximate surface area is 358 Å². The van der Waals surface area contributed by atoms with Crippen LogP contribution in [0.5, 0.6) is 0 Å². The smallest absolute Gasteiger partial charge is 0.308 e. The van der Waals surface area contributed by atoms with Gasteiger partial charge in [0.15, 0.2) is 0 Å². The molecule has 0 fully saturated rings. The molecule has 6 heteroatoms. The number of nitriles is 1. The van der Waals surface area contributed by atoms with E-state index in [2.05, 4.69) is 130 Å². The first-order chi connectivity index (χ1) is 29.8. The van der Waals surface area contributed by atoms with Gasteiger partial charge in [0.05, 0.1) is 50.6 Å². The van der Waals surface area contributed by atoms with Crippen molar-refractivity contribution in [2.45, 2.75) is 47.7 Å². The van der Waals surface area contributed by atoms with E-state index in [1.165, 1.54) is 23.3 Å². The topological polar surface area (TPSA) is 33.6 Å². The molecule has 62 heavy (non-hydrogen) atoms. The van der Waals surface area contributed by atoms with Crippen LogP contribution in [0.4, 0.5) is 13.2 Å². The van der Waals surface area contributed by atoms with Gasteiger partial charge in [-0.05, 0) is 140 Å². The Balaban J connectivity index is 1.38. The molecule has 0 N–H and O–H groups in total. The van der Waals surface area contributed by atoms with Crippen molar-refractivity contribution in [2.24, 2.45) is 0 Å². The number of aromatic nitrogens is 2. The zero-order valence-electron chi connectivity index (χ0n) is 35.3. The Morgan fingerprint density at radius 3 is 1.27 bits per heavy atom. The standard InChI is InChI=1S/C56H42F3N3/c1-32-22-34(3)53(35(4)23-32)40-18-20-45-43-14-7-9-16-47(43)61(49(45)29-40)51-26-38(31-60)27-52(55(51)39-12-11-13-42(28-39)56(57,58)59)62-48-17-10-8-15-44(48)46-21-19-41(30-50(46)62)54-36(5)24-33(2)25-37(54)6/h7-30H,1-6H3. The van der Waals surface area contributed by atoms with Crippen LogP contribution in [0.15, 0.2) is 146 Å². The first kappa shape index (κ1) is 38.8. The normalized spacial score (nSPS) is 11.9. The fraction of sp³-hybridized carbons (Fsp3) is 0.125.